The Morgan fingerprint density at radius 3 is 2.32 bits per heavy atom. The summed E-state index contributed by atoms with van der Waals surface area (Å²) in [7, 11) is -3.42. The third-order valence-electron chi connectivity index (χ3n) is 4.08. The van der Waals surface area contributed by atoms with E-state index < -0.39 is 15.1 Å². The lowest BCUT2D eigenvalue weighted by molar-refractivity contribution is -0.105. The van der Waals surface area contributed by atoms with Gasteiger partial charge < -0.3 is 10.2 Å². The number of hydrogen-bond acceptors (Lipinski definition) is 4. The van der Waals surface area contributed by atoms with Crippen LogP contribution in [-0.2, 0) is 14.6 Å². The summed E-state index contributed by atoms with van der Waals surface area (Å²) in [5.41, 5.74) is 1.33. The van der Waals surface area contributed by atoms with Gasteiger partial charge in [-0.05, 0) is 44.9 Å². The number of carbonyl (C=O) groups is 1. The van der Waals surface area contributed by atoms with E-state index in [0.717, 1.165) is 31.6 Å². The molecule has 2 rings (SSSR count). The summed E-state index contributed by atoms with van der Waals surface area (Å²) in [6.45, 7) is 5.22. The van der Waals surface area contributed by atoms with Crippen LogP contribution in [0.2, 0.25) is 0 Å². The Labute approximate surface area is 132 Å². The SMILES string of the molecule is CC(C)S(=O)(=O)c1ccc(N2CCCCCC2)cc1NC=O. The highest BCUT2D eigenvalue weighted by Crippen LogP contribution is 2.30. The fraction of sp³-hybridized carbons (Fsp3) is 0.562. The molecule has 22 heavy (non-hydrogen) atoms. The molecule has 122 valence electrons. The van der Waals surface area contributed by atoms with E-state index >= 15 is 0 Å². The monoisotopic (exact) mass is 324 g/mol. The van der Waals surface area contributed by atoms with Crippen LogP contribution in [0.1, 0.15) is 39.5 Å². The zero-order valence-corrected chi connectivity index (χ0v) is 14.0. The van der Waals surface area contributed by atoms with Gasteiger partial charge in [0.15, 0.2) is 9.84 Å². The maximum Gasteiger partial charge on any atom is 0.211 e. The minimum absolute atomic E-state index is 0.188. The van der Waals surface area contributed by atoms with Crippen LogP contribution < -0.4 is 10.2 Å². The molecule has 1 saturated heterocycles. The Bertz CT molecular complexity index is 618. The van der Waals surface area contributed by atoms with Crippen molar-refractivity contribution in [3.8, 4) is 0 Å². The van der Waals surface area contributed by atoms with Crippen molar-refractivity contribution >= 4 is 27.6 Å². The maximum atomic E-state index is 12.4. The Hall–Kier alpha value is -1.56. The lowest BCUT2D eigenvalue weighted by Crippen LogP contribution is -2.24. The normalized spacial score (nSPS) is 16.4. The number of benzene rings is 1. The summed E-state index contributed by atoms with van der Waals surface area (Å²) < 4.78 is 24.8. The minimum atomic E-state index is -3.42. The molecule has 0 aliphatic carbocycles. The molecule has 1 amide bonds. The van der Waals surface area contributed by atoms with E-state index in [1.54, 1.807) is 26.0 Å². The molecule has 0 saturated carbocycles. The average Bonchev–Trinajstić information content (AvgIpc) is 2.76. The number of sulfone groups is 1. The highest BCUT2D eigenvalue weighted by atomic mass is 32.2. The standard InChI is InChI=1S/C16H24N2O3S/c1-13(2)22(20,21)16-8-7-14(11-15(16)17-12-19)18-9-5-3-4-6-10-18/h7-8,11-13H,3-6,9-10H2,1-2H3,(H,17,19). The van der Waals surface area contributed by atoms with E-state index in [-0.39, 0.29) is 4.90 Å². The van der Waals surface area contributed by atoms with Crippen LogP contribution in [0.4, 0.5) is 11.4 Å². The Balaban J connectivity index is 2.40. The van der Waals surface area contributed by atoms with Gasteiger partial charge in [0.05, 0.1) is 15.8 Å². The zero-order valence-electron chi connectivity index (χ0n) is 13.2. The number of carbonyl (C=O) groups excluding carboxylic acids is 1. The number of hydrogen-bond donors (Lipinski definition) is 1. The molecule has 1 aliphatic heterocycles. The van der Waals surface area contributed by atoms with Crippen LogP contribution in [0.3, 0.4) is 0 Å². The van der Waals surface area contributed by atoms with Gasteiger partial charge in [-0.3, -0.25) is 4.79 Å². The van der Waals surface area contributed by atoms with Gasteiger partial charge in [-0.1, -0.05) is 12.8 Å². The summed E-state index contributed by atoms with van der Waals surface area (Å²) in [4.78, 5) is 13.3. The summed E-state index contributed by atoms with van der Waals surface area (Å²) in [5, 5.41) is 2.02. The van der Waals surface area contributed by atoms with Crippen molar-refractivity contribution < 1.29 is 13.2 Å². The van der Waals surface area contributed by atoms with E-state index in [4.69, 9.17) is 0 Å². The van der Waals surface area contributed by atoms with Crippen LogP contribution in [-0.4, -0.2) is 33.2 Å². The Morgan fingerprint density at radius 2 is 1.77 bits per heavy atom. The van der Waals surface area contributed by atoms with Crippen molar-refractivity contribution in [2.45, 2.75) is 49.7 Å². The van der Waals surface area contributed by atoms with E-state index in [1.807, 2.05) is 6.07 Å². The fourth-order valence-electron chi connectivity index (χ4n) is 2.72. The van der Waals surface area contributed by atoms with Gasteiger partial charge in [-0.2, -0.15) is 0 Å². The van der Waals surface area contributed by atoms with E-state index in [0.29, 0.717) is 12.1 Å². The van der Waals surface area contributed by atoms with Gasteiger partial charge in [0.25, 0.3) is 0 Å². The molecule has 1 fully saturated rings. The predicted molar refractivity (Wildman–Crippen MR) is 89.1 cm³/mol. The molecular weight excluding hydrogens is 300 g/mol. The fourth-order valence-corrected chi connectivity index (χ4v) is 3.91. The first kappa shape index (κ1) is 16.8. The van der Waals surface area contributed by atoms with Crippen LogP contribution >= 0.6 is 0 Å². The van der Waals surface area contributed by atoms with Crippen LogP contribution in [0.25, 0.3) is 0 Å². The maximum absolute atomic E-state index is 12.4. The van der Waals surface area contributed by atoms with Gasteiger partial charge in [-0.15, -0.1) is 0 Å². The first-order valence-electron chi connectivity index (χ1n) is 7.80. The van der Waals surface area contributed by atoms with Crippen LogP contribution in [0, 0.1) is 0 Å². The molecular formula is C16H24N2O3S. The van der Waals surface area contributed by atoms with Crippen molar-refractivity contribution in [1.82, 2.24) is 0 Å². The van der Waals surface area contributed by atoms with Crippen molar-refractivity contribution in [3.63, 3.8) is 0 Å². The first-order chi connectivity index (χ1) is 10.5. The number of amides is 1. The molecule has 0 unspecified atom stereocenters. The van der Waals surface area contributed by atoms with Crippen LogP contribution in [0.5, 0.6) is 0 Å². The molecule has 0 radical (unpaired) electrons. The van der Waals surface area contributed by atoms with Crippen molar-refractivity contribution in [2.75, 3.05) is 23.3 Å². The van der Waals surface area contributed by atoms with Crippen molar-refractivity contribution in [2.24, 2.45) is 0 Å². The topological polar surface area (TPSA) is 66.5 Å². The van der Waals surface area contributed by atoms with Crippen molar-refractivity contribution in [3.05, 3.63) is 18.2 Å². The predicted octanol–water partition coefficient (Wildman–Crippen LogP) is 2.82. The van der Waals surface area contributed by atoms with E-state index in [2.05, 4.69) is 10.2 Å². The molecule has 1 aromatic carbocycles. The zero-order chi connectivity index (χ0) is 16.2. The summed E-state index contributed by atoms with van der Waals surface area (Å²) in [5.74, 6) is 0. The average molecular weight is 324 g/mol. The highest BCUT2D eigenvalue weighted by Gasteiger charge is 2.23. The van der Waals surface area contributed by atoms with Gasteiger partial charge in [-0.25, -0.2) is 8.42 Å². The van der Waals surface area contributed by atoms with Gasteiger partial charge in [0.1, 0.15) is 0 Å². The molecule has 0 bridgehead atoms. The quantitative estimate of drug-likeness (QED) is 0.846. The van der Waals surface area contributed by atoms with Crippen LogP contribution in [0.15, 0.2) is 23.1 Å². The number of nitrogens with zero attached hydrogens (tertiary/aromatic N) is 1. The second-order valence-electron chi connectivity index (χ2n) is 5.94. The van der Waals surface area contributed by atoms with Gasteiger partial charge in [0.2, 0.25) is 6.41 Å². The second-order valence-corrected chi connectivity index (χ2v) is 8.41. The molecule has 0 aromatic heterocycles. The number of rotatable bonds is 5. The third-order valence-corrected chi connectivity index (χ3v) is 6.29. The molecule has 0 atom stereocenters. The van der Waals surface area contributed by atoms with E-state index in [9.17, 15) is 13.2 Å². The largest absolute Gasteiger partial charge is 0.371 e. The molecule has 5 nitrogen and oxygen atoms in total. The van der Waals surface area contributed by atoms with Gasteiger partial charge in [0, 0.05) is 18.8 Å². The highest BCUT2D eigenvalue weighted by molar-refractivity contribution is 7.92. The summed E-state index contributed by atoms with van der Waals surface area (Å²) >= 11 is 0. The summed E-state index contributed by atoms with van der Waals surface area (Å²) in [6, 6.07) is 5.23. The summed E-state index contributed by atoms with van der Waals surface area (Å²) in [6.07, 6.45) is 5.28. The molecule has 1 heterocycles. The number of anilines is 2. The third kappa shape index (κ3) is 3.61. The van der Waals surface area contributed by atoms with E-state index in [1.165, 1.54) is 12.8 Å². The molecule has 0 spiro atoms. The smallest absolute Gasteiger partial charge is 0.211 e. The van der Waals surface area contributed by atoms with Crippen molar-refractivity contribution in [1.29, 1.82) is 0 Å². The molecule has 1 N–H and O–H groups in total. The van der Waals surface area contributed by atoms with Gasteiger partial charge >= 0.3 is 0 Å². The Kier molecular flexibility index (Phi) is 5.45. The molecule has 6 heteroatoms. The molecule has 1 aliphatic rings. The molecule has 1 aromatic rings. The lowest BCUT2D eigenvalue weighted by atomic mass is 10.2. The Morgan fingerprint density at radius 1 is 1.14 bits per heavy atom. The first-order valence-corrected chi connectivity index (χ1v) is 9.34. The minimum Gasteiger partial charge on any atom is -0.371 e. The second kappa shape index (κ2) is 7.13. The number of nitrogens with one attached hydrogen (secondary N) is 1. The lowest BCUT2D eigenvalue weighted by Gasteiger charge is -2.24.